The number of aryl methyl sites for hydroxylation is 2. The molecule has 0 atom stereocenters. The highest BCUT2D eigenvalue weighted by atomic mass is 32.1. The van der Waals surface area contributed by atoms with E-state index in [0.717, 1.165) is 22.1 Å². The zero-order valence-corrected chi connectivity index (χ0v) is 11.1. The largest absolute Gasteiger partial charge is 0.486 e. The summed E-state index contributed by atoms with van der Waals surface area (Å²) >= 11 is 1.69. The Hall–Kier alpha value is -1.55. The van der Waals surface area contributed by atoms with Crippen molar-refractivity contribution in [3.8, 4) is 5.75 Å². The number of nitrogens with zero attached hydrogens (tertiary/aromatic N) is 1. The van der Waals surface area contributed by atoms with E-state index >= 15 is 0 Å². The van der Waals surface area contributed by atoms with Crippen LogP contribution in [0.4, 0.5) is 5.69 Å². The van der Waals surface area contributed by atoms with Crippen molar-refractivity contribution in [2.75, 3.05) is 12.4 Å². The van der Waals surface area contributed by atoms with Crippen LogP contribution in [0.2, 0.25) is 0 Å². The van der Waals surface area contributed by atoms with Crippen molar-refractivity contribution in [1.29, 1.82) is 0 Å². The van der Waals surface area contributed by atoms with Crippen molar-refractivity contribution < 1.29 is 4.74 Å². The van der Waals surface area contributed by atoms with Crippen molar-refractivity contribution in [2.45, 2.75) is 20.5 Å². The summed E-state index contributed by atoms with van der Waals surface area (Å²) in [5.41, 5.74) is 2.18. The summed E-state index contributed by atoms with van der Waals surface area (Å²) < 4.78 is 5.68. The standard InChI is InChI=1S/C13H16N2OS/c1-9-10(2)17-13(15-9)8-16-12-6-4-11(14-3)5-7-12/h4-7,14H,8H2,1-3H3. The van der Waals surface area contributed by atoms with E-state index in [9.17, 15) is 0 Å². The van der Waals surface area contributed by atoms with Crippen molar-refractivity contribution in [3.63, 3.8) is 0 Å². The number of nitrogens with one attached hydrogen (secondary N) is 1. The van der Waals surface area contributed by atoms with Crippen molar-refractivity contribution in [2.24, 2.45) is 0 Å². The van der Waals surface area contributed by atoms with Gasteiger partial charge in [0.05, 0.1) is 5.69 Å². The summed E-state index contributed by atoms with van der Waals surface area (Å²) in [5.74, 6) is 0.870. The highest BCUT2D eigenvalue weighted by molar-refractivity contribution is 7.11. The third kappa shape index (κ3) is 2.97. The lowest BCUT2D eigenvalue weighted by Crippen LogP contribution is -1.95. The smallest absolute Gasteiger partial charge is 0.140 e. The molecule has 1 heterocycles. The van der Waals surface area contributed by atoms with Gasteiger partial charge < -0.3 is 10.1 Å². The molecular formula is C13H16N2OS. The van der Waals surface area contributed by atoms with Gasteiger partial charge in [-0.1, -0.05) is 0 Å². The minimum Gasteiger partial charge on any atom is -0.486 e. The summed E-state index contributed by atoms with van der Waals surface area (Å²) in [5, 5.41) is 4.10. The van der Waals surface area contributed by atoms with Gasteiger partial charge in [-0.25, -0.2) is 4.98 Å². The predicted molar refractivity (Wildman–Crippen MR) is 71.9 cm³/mol. The minimum atomic E-state index is 0.540. The molecule has 2 aromatic rings. The SMILES string of the molecule is CNc1ccc(OCc2nc(C)c(C)s2)cc1. The molecule has 3 nitrogen and oxygen atoms in total. The van der Waals surface area contributed by atoms with Crippen LogP contribution in [0.3, 0.4) is 0 Å². The van der Waals surface area contributed by atoms with Crippen LogP contribution in [-0.2, 0) is 6.61 Å². The summed E-state index contributed by atoms with van der Waals surface area (Å²) in [6.45, 7) is 4.65. The predicted octanol–water partition coefficient (Wildman–Crippen LogP) is 3.38. The van der Waals surface area contributed by atoms with Crippen LogP contribution >= 0.6 is 11.3 Å². The average Bonchev–Trinajstić information content (AvgIpc) is 2.67. The van der Waals surface area contributed by atoms with Crippen LogP contribution in [0.5, 0.6) is 5.75 Å². The maximum atomic E-state index is 5.68. The van der Waals surface area contributed by atoms with E-state index < -0.39 is 0 Å². The lowest BCUT2D eigenvalue weighted by atomic mass is 10.3. The first-order valence-corrected chi connectivity index (χ1v) is 6.34. The number of benzene rings is 1. The van der Waals surface area contributed by atoms with Crippen molar-refractivity contribution >= 4 is 17.0 Å². The van der Waals surface area contributed by atoms with Crippen LogP contribution < -0.4 is 10.1 Å². The molecule has 17 heavy (non-hydrogen) atoms. The summed E-state index contributed by atoms with van der Waals surface area (Å²) in [4.78, 5) is 5.70. The molecule has 1 N–H and O–H groups in total. The summed E-state index contributed by atoms with van der Waals surface area (Å²) in [6.07, 6.45) is 0. The van der Waals surface area contributed by atoms with Gasteiger partial charge in [0.1, 0.15) is 17.4 Å². The number of thiazole rings is 1. The molecule has 4 heteroatoms. The van der Waals surface area contributed by atoms with Gasteiger partial charge in [-0.2, -0.15) is 0 Å². The molecule has 0 unspecified atom stereocenters. The van der Waals surface area contributed by atoms with Gasteiger partial charge in [0.2, 0.25) is 0 Å². The first-order valence-electron chi connectivity index (χ1n) is 5.52. The van der Waals surface area contributed by atoms with Gasteiger partial charge >= 0.3 is 0 Å². The number of hydrogen-bond acceptors (Lipinski definition) is 4. The molecule has 0 aliphatic heterocycles. The Morgan fingerprint density at radius 1 is 1.24 bits per heavy atom. The molecule has 0 saturated carbocycles. The van der Waals surface area contributed by atoms with E-state index in [4.69, 9.17) is 4.74 Å². The second-order valence-corrected chi connectivity index (χ2v) is 5.10. The van der Waals surface area contributed by atoms with Gasteiger partial charge in [-0.05, 0) is 38.1 Å². The van der Waals surface area contributed by atoms with Crippen LogP contribution in [0.1, 0.15) is 15.6 Å². The molecule has 0 spiro atoms. The molecule has 0 aliphatic carbocycles. The van der Waals surface area contributed by atoms with E-state index in [1.54, 1.807) is 11.3 Å². The van der Waals surface area contributed by atoms with Gasteiger partial charge in [0, 0.05) is 17.6 Å². The molecule has 0 aliphatic rings. The molecule has 1 aromatic heterocycles. The van der Waals surface area contributed by atoms with Crippen molar-refractivity contribution in [3.05, 3.63) is 39.8 Å². The topological polar surface area (TPSA) is 34.1 Å². The normalized spacial score (nSPS) is 10.3. The average molecular weight is 248 g/mol. The Kier molecular flexibility index (Phi) is 3.64. The molecule has 0 amide bonds. The van der Waals surface area contributed by atoms with Crippen LogP contribution in [-0.4, -0.2) is 12.0 Å². The minimum absolute atomic E-state index is 0.540. The van der Waals surface area contributed by atoms with Gasteiger partial charge in [-0.15, -0.1) is 11.3 Å². The van der Waals surface area contributed by atoms with Crippen LogP contribution in [0.15, 0.2) is 24.3 Å². The molecule has 0 radical (unpaired) electrons. The Balaban J connectivity index is 1.97. The molecule has 0 bridgehead atoms. The monoisotopic (exact) mass is 248 g/mol. The quantitative estimate of drug-likeness (QED) is 0.900. The fraction of sp³-hybridized carbons (Fsp3) is 0.308. The molecule has 1 aromatic carbocycles. The van der Waals surface area contributed by atoms with Crippen molar-refractivity contribution in [1.82, 2.24) is 4.98 Å². The Morgan fingerprint density at radius 2 is 1.94 bits per heavy atom. The second-order valence-electron chi connectivity index (χ2n) is 3.81. The highest BCUT2D eigenvalue weighted by Gasteiger charge is 2.04. The zero-order chi connectivity index (χ0) is 12.3. The number of anilines is 1. The van der Waals surface area contributed by atoms with E-state index in [2.05, 4.69) is 17.2 Å². The molecule has 2 rings (SSSR count). The molecule has 0 saturated heterocycles. The van der Waals surface area contributed by atoms with E-state index in [0.29, 0.717) is 6.61 Å². The Bertz CT molecular complexity index is 471. The summed E-state index contributed by atoms with van der Waals surface area (Å²) in [6, 6.07) is 7.90. The lowest BCUT2D eigenvalue weighted by Gasteiger charge is -2.05. The molecule has 90 valence electrons. The number of rotatable bonds is 4. The molecular weight excluding hydrogens is 232 g/mol. The fourth-order valence-corrected chi connectivity index (χ4v) is 2.31. The van der Waals surface area contributed by atoms with E-state index in [1.807, 2.05) is 38.2 Å². The number of ether oxygens (including phenoxy) is 1. The highest BCUT2D eigenvalue weighted by Crippen LogP contribution is 2.20. The zero-order valence-electron chi connectivity index (χ0n) is 10.3. The third-order valence-corrected chi connectivity index (χ3v) is 3.62. The van der Waals surface area contributed by atoms with Crippen LogP contribution in [0.25, 0.3) is 0 Å². The van der Waals surface area contributed by atoms with Gasteiger partial charge in [0.25, 0.3) is 0 Å². The van der Waals surface area contributed by atoms with E-state index in [-0.39, 0.29) is 0 Å². The third-order valence-electron chi connectivity index (χ3n) is 2.58. The summed E-state index contributed by atoms with van der Waals surface area (Å²) in [7, 11) is 1.90. The molecule has 0 fully saturated rings. The number of hydrogen-bond donors (Lipinski definition) is 1. The van der Waals surface area contributed by atoms with Gasteiger partial charge in [0.15, 0.2) is 0 Å². The maximum Gasteiger partial charge on any atom is 0.140 e. The second kappa shape index (κ2) is 5.19. The van der Waals surface area contributed by atoms with Crippen LogP contribution in [0, 0.1) is 13.8 Å². The fourth-order valence-electron chi connectivity index (χ4n) is 1.46. The first-order chi connectivity index (χ1) is 8.19. The Morgan fingerprint density at radius 3 is 2.47 bits per heavy atom. The lowest BCUT2D eigenvalue weighted by molar-refractivity contribution is 0.305. The number of aromatic nitrogens is 1. The first kappa shape index (κ1) is 11.9. The Labute approximate surface area is 105 Å². The maximum absolute atomic E-state index is 5.68. The van der Waals surface area contributed by atoms with Gasteiger partial charge in [-0.3, -0.25) is 0 Å². The van der Waals surface area contributed by atoms with E-state index in [1.165, 1.54) is 4.88 Å².